The lowest BCUT2D eigenvalue weighted by atomic mass is 10.3. The van der Waals surface area contributed by atoms with E-state index in [1.807, 2.05) is 47.6 Å². The molecular weight excluding hydrogens is 487 g/mol. The minimum atomic E-state index is 0. The van der Waals surface area contributed by atoms with E-state index in [9.17, 15) is 0 Å². The fourth-order valence-electron chi connectivity index (χ4n) is 3.04. The molecule has 0 bridgehead atoms. The maximum absolute atomic E-state index is 6.20. The number of piperazine rings is 1. The quantitative estimate of drug-likeness (QED) is 0.329. The first kappa shape index (κ1) is 20.5. The van der Waals surface area contributed by atoms with Gasteiger partial charge in [0.05, 0.1) is 6.54 Å². The highest BCUT2D eigenvalue weighted by Crippen LogP contribution is 2.18. The molecule has 0 radical (unpaired) electrons. The molecule has 0 saturated carbocycles. The highest BCUT2D eigenvalue weighted by atomic mass is 127. The molecule has 0 aromatic carbocycles. The molecule has 0 aliphatic carbocycles. The first-order valence-corrected chi connectivity index (χ1v) is 9.73. The SMILES string of the molecule is Cc1nccn1-c1ccc(CN=C(N)N2CCN(c3nccs3)CC2)cn1.I. The lowest BCUT2D eigenvalue weighted by molar-refractivity contribution is 0.380. The van der Waals surface area contributed by atoms with Crippen LogP contribution in [-0.4, -0.2) is 56.6 Å². The van der Waals surface area contributed by atoms with Gasteiger partial charge in [-0.1, -0.05) is 6.07 Å². The Bertz CT molecular complexity index is 898. The number of aryl methyl sites for hydroxylation is 1. The Morgan fingerprint density at radius 1 is 1.14 bits per heavy atom. The van der Waals surface area contributed by atoms with Gasteiger partial charge in [0.25, 0.3) is 0 Å². The van der Waals surface area contributed by atoms with Crippen LogP contribution in [0.25, 0.3) is 5.82 Å². The van der Waals surface area contributed by atoms with Gasteiger partial charge in [0.15, 0.2) is 11.1 Å². The molecule has 1 saturated heterocycles. The Balaban J connectivity index is 0.00000225. The van der Waals surface area contributed by atoms with Gasteiger partial charge in [-0.15, -0.1) is 35.3 Å². The number of nitrogens with zero attached hydrogens (tertiary/aromatic N) is 7. The number of aromatic nitrogens is 4. The van der Waals surface area contributed by atoms with Crippen molar-refractivity contribution in [1.29, 1.82) is 0 Å². The minimum absolute atomic E-state index is 0. The van der Waals surface area contributed by atoms with Gasteiger partial charge >= 0.3 is 0 Å². The monoisotopic (exact) mass is 510 g/mol. The van der Waals surface area contributed by atoms with Gasteiger partial charge < -0.3 is 15.5 Å². The van der Waals surface area contributed by atoms with Crippen LogP contribution in [-0.2, 0) is 6.54 Å². The van der Waals surface area contributed by atoms with E-state index < -0.39 is 0 Å². The summed E-state index contributed by atoms with van der Waals surface area (Å²) >= 11 is 1.67. The summed E-state index contributed by atoms with van der Waals surface area (Å²) in [4.78, 5) is 22.0. The number of nitrogens with two attached hydrogens (primary N) is 1. The number of halogens is 1. The second-order valence-electron chi connectivity index (χ2n) is 6.33. The Kier molecular flexibility index (Phi) is 6.83. The molecule has 0 spiro atoms. The summed E-state index contributed by atoms with van der Waals surface area (Å²) in [7, 11) is 0. The number of hydrogen-bond donors (Lipinski definition) is 1. The fourth-order valence-corrected chi connectivity index (χ4v) is 3.74. The Morgan fingerprint density at radius 2 is 1.96 bits per heavy atom. The van der Waals surface area contributed by atoms with Crippen LogP contribution in [0.2, 0.25) is 0 Å². The van der Waals surface area contributed by atoms with E-state index in [0.29, 0.717) is 12.5 Å². The number of aliphatic imine (C=N–C) groups is 1. The molecule has 2 N–H and O–H groups in total. The van der Waals surface area contributed by atoms with Crippen molar-refractivity contribution in [3.8, 4) is 5.82 Å². The first-order chi connectivity index (χ1) is 13.2. The zero-order chi connectivity index (χ0) is 18.6. The standard InChI is InChI=1S/C18H22N8S.HI/c1-14-20-4-6-26(14)16-3-2-15(12-22-16)13-23-17(19)24-7-9-25(10-8-24)18-21-5-11-27-18;/h2-6,11-12H,7-10,13H2,1H3,(H2,19,23);1H. The lowest BCUT2D eigenvalue weighted by Crippen LogP contribution is -2.51. The lowest BCUT2D eigenvalue weighted by Gasteiger charge is -2.35. The number of guanidine groups is 1. The van der Waals surface area contributed by atoms with Crippen LogP contribution in [0.4, 0.5) is 5.13 Å². The van der Waals surface area contributed by atoms with E-state index in [1.54, 1.807) is 17.5 Å². The third-order valence-corrected chi connectivity index (χ3v) is 5.43. The van der Waals surface area contributed by atoms with Crippen molar-refractivity contribution in [2.24, 2.45) is 10.7 Å². The average molecular weight is 510 g/mol. The largest absolute Gasteiger partial charge is 0.370 e. The van der Waals surface area contributed by atoms with Gasteiger partial charge in [-0.25, -0.2) is 19.9 Å². The maximum atomic E-state index is 6.20. The number of pyridine rings is 1. The zero-order valence-electron chi connectivity index (χ0n) is 15.6. The third-order valence-electron chi connectivity index (χ3n) is 4.60. The molecule has 10 heteroatoms. The molecule has 8 nitrogen and oxygen atoms in total. The Hall–Kier alpha value is -2.21. The maximum Gasteiger partial charge on any atom is 0.191 e. The Labute approximate surface area is 185 Å². The number of rotatable bonds is 4. The summed E-state index contributed by atoms with van der Waals surface area (Å²) < 4.78 is 1.95. The van der Waals surface area contributed by atoms with Crippen molar-refractivity contribution in [2.45, 2.75) is 13.5 Å². The molecule has 0 unspecified atom stereocenters. The van der Waals surface area contributed by atoms with E-state index >= 15 is 0 Å². The van der Waals surface area contributed by atoms with E-state index in [2.05, 4.69) is 29.7 Å². The van der Waals surface area contributed by atoms with Gasteiger partial charge in [-0.2, -0.15) is 0 Å². The summed E-state index contributed by atoms with van der Waals surface area (Å²) in [5.74, 6) is 2.35. The van der Waals surface area contributed by atoms with Crippen LogP contribution in [0, 0.1) is 6.92 Å². The number of hydrogen-bond acceptors (Lipinski definition) is 6. The molecule has 1 fully saturated rings. The highest BCUT2D eigenvalue weighted by Gasteiger charge is 2.19. The predicted octanol–water partition coefficient (Wildman–Crippen LogP) is 2.29. The van der Waals surface area contributed by atoms with Crippen LogP contribution in [0.3, 0.4) is 0 Å². The molecule has 4 heterocycles. The molecular formula is C18H23IN8S. The smallest absolute Gasteiger partial charge is 0.191 e. The van der Waals surface area contributed by atoms with Gasteiger partial charge in [0, 0.05) is 56.3 Å². The molecule has 3 aromatic heterocycles. The Morgan fingerprint density at radius 3 is 2.57 bits per heavy atom. The van der Waals surface area contributed by atoms with Crippen molar-refractivity contribution in [1.82, 2.24) is 24.4 Å². The molecule has 1 aliphatic rings. The van der Waals surface area contributed by atoms with Crippen LogP contribution in [0.15, 0.2) is 47.3 Å². The summed E-state index contributed by atoms with van der Waals surface area (Å²) in [5, 5.41) is 3.08. The number of thiazole rings is 1. The van der Waals surface area contributed by atoms with Crippen molar-refractivity contribution in [3.05, 3.63) is 53.7 Å². The average Bonchev–Trinajstić information content (AvgIpc) is 3.39. The van der Waals surface area contributed by atoms with Gasteiger partial charge in [-0.05, 0) is 18.6 Å². The van der Waals surface area contributed by atoms with Crippen LogP contribution in [0.1, 0.15) is 11.4 Å². The normalized spacial score (nSPS) is 14.8. The van der Waals surface area contributed by atoms with Gasteiger partial charge in [-0.3, -0.25) is 4.57 Å². The molecule has 1 aliphatic heterocycles. The number of imidazole rings is 1. The first-order valence-electron chi connectivity index (χ1n) is 8.85. The van der Waals surface area contributed by atoms with Crippen molar-refractivity contribution >= 4 is 46.4 Å². The van der Waals surface area contributed by atoms with Gasteiger partial charge in [0.1, 0.15) is 11.6 Å². The van der Waals surface area contributed by atoms with E-state index in [4.69, 9.17) is 5.73 Å². The van der Waals surface area contributed by atoms with Gasteiger partial charge in [0.2, 0.25) is 0 Å². The summed E-state index contributed by atoms with van der Waals surface area (Å²) in [5.41, 5.74) is 7.23. The molecule has 148 valence electrons. The summed E-state index contributed by atoms with van der Waals surface area (Å²) in [6, 6.07) is 4.00. The van der Waals surface area contributed by atoms with Crippen LogP contribution < -0.4 is 10.6 Å². The summed E-state index contributed by atoms with van der Waals surface area (Å²) in [6.07, 6.45) is 7.35. The molecule has 3 aromatic rings. The predicted molar refractivity (Wildman–Crippen MR) is 123 cm³/mol. The van der Waals surface area contributed by atoms with E-state index in [1.165, 1.54) is 0 Å². The van der Waals surface area contributed by atoms with Crippen LogP contribution in [0.5, 0.6) is 0 Å². The van der Waals surface area contributed by atoms with E-state index in [0.717, 1.165) is 48.5 Å². The molecule has 0 amide bonds. The molecule has 4 rings (SSSR count). The second-order valence-corrected chi connectivity index (χ2v) is 7.21. The topological polar surface area (TPSA) is 88.5 Å². The third kappa shape index (κ3) is 4.61. The molecule has 0 atom stereocenters. The highest BCUT2D eigenvalue weighted by molar-refractivity contribution is 14.0. The summed E-state index contributed by atoms with van der Waals surface area (Å²) in [6.45, 7) is 6.00. The van der Waals surface area contributed by atoms with Crippen LogP contribution >= 0.6 is 35.3 Å². The second kappa shape index (κ2) is 9.32. The minimum Gasteiger partial charge on any atom is -0.370 e. The fraction of sp³-hybridized carbons (Fsp3) is 0.333. The zero-order valence-corrected chi connectivity index (χ0v) is 18.7. The van der Waals surface area contributed by atoms with Crippen molar-refractivity contribution in [3.63, 3.8) is 0 Å². The van der Waals surface area contributed by atoms with Crippen molar-refractivity contribution in [2.75, 3.05) is 31.1 Å². The molecule has 28 heavy (non-hydrogen) atoms. The van der Waals surface area contributed by atoms with Crippen molar-refractivity contribution < 1.29 is 0 Å². The van der Waals surface area contributed by atoms with E-state index in [-0.39, 0.29) is 24.0 Å². The number of anilines is 1.